The van der Waals surface area contributed by atoms with E-state index >= 15 is 0 Å². The third-order valence-electron chi connectivity index (χ3n) is 4.97. The number of hydrazone groups is 1. The Morgan fingerprint density at radius 1 is 1.16 bits per heavy atom. The molecule has 0 aliphatic carbocycles. The Hall–Kier alpha value is -2.37. The van der Waals surface area contributed by atoms with Crippen molar-refractivity contribution >= 4 is 17.5 Å². The van der Waals surface area contributed by atoms with Crippen LogP contribution >= 0.6 is 0 Å². The molecule has 25 heavy (non-hydrogen) atoms. The van der Waals surface area contributed by atoms with Gasteiger partial charge in [0.05, 0.1) is 13.2 Å². The van der Waals surface area contributed by atoms with Gasteiger partial charge in [-0.3, -0.25) is 9.59 Å². The molecular formula is C19H25N3O3. The lowest BCUT2D eigenvalue weighted by molar-refractivity contribution is -0.131. The first kappa shape index (κ1) is 17.5. The van der Waals surface area contributed by atoms with Gasteiger partial charge in [0.1, 0.15) is 11.5 Å². The van der Waals surface area contributed by atoms with Gasteiger partial charge in [-0.15, -0.1) is 0 Å². The molecule has 0 unspecified atom stereocenters. The second-order valence-electron chi connectivity index (χ2n) is 6.60. The Labute approximate surface area is 148 Å². The number of amides is 2. The normalized spacial score (nSPS) is 21.6. The summed E-state index contributed by atoms with van der Waals surface area (Å²) in [5.74, 6) is 0.730. The zero-order valence-electron chi connectivity index (χ0n) is 14.9. The third kappa shape index (κ3) is 3.83. The summed E-state index contributed by atoms with van der Waals surface area (Å²) in [6, 6.07) is 7.99. The number of carbonyl (C=O) groups excluding carboxylic acids is 2. The van der Waals surface area contributed by atoms with Crippen molar-refractivity contribution in [2.24, 2.45) is 5.10 Å². The molecule has 0 N–H and O–H groups in total. The lowest BCUT2D eigenvalue weighted by Crippen LogP contribution is -2.42. The van der Waals surface area contributed by atoms with E-state index in [1.165, 1.54) is 5.01 Å². The summed E-state index contributed by atoms with van der Waals surface area (Å²) in [6.07, 6.45) is 4.95. The largest absolute Gasteiger partial charge is 0.497 e. The highest BCUT2D eigenvalue weighted by atomic mass is 16.5. The summed E-state index contributed by atoms with van der Waals surface area (Å²) in [5, 5.41) is 5.50. The fourth-order valence-electron chi connectivity index (χ4n) is 3.51. The van der Waals surface area contributed by atoms with E-state index in [1.54, 1.807) is 14.2 Å². The van der Waals surface area contributed by atoms with E-state index in [2.05, 4.69) is 5.10 Å². The molecule has 0 saturated carbocycles. The fraction of sp³-hybridized carbons (Fsp3) is 0.526. The van der Waals surface area contributed by atoms with E-state index in [9.17, 15) is 9.59 Å². The summed E-state index contributed by atoms with van der Waals surface area (Å²) in [6.45, 7) is 0.728. The molecule has 6 nitrogen and oxygen atoms in total. The average Bonchev–Trinajstić information content (AvgIpc) is 2.89. The SMILES string of the molecule is COc1ccc([C@H]2CCCCCN2C(=O)C2=NN(C)C(=O)CC2)cc1. The van der Waals surface area contributed by atoms with Crippen molar-refractivity contribution in [3.05, 3.63) is 29.8 Å². The Bertz CT molecular complexity index is 669. The maximum Gasteiger partial charge on any atom is 0.270 e. The molecule has 2 aliphatic rings. The van der Waals surface area contributed by atoms with Gasteiger partial charge in [0.2, 0.25) is 5.91 Å². The quantitative estimate of drug-likeness (QED) is 0.848. The standard InChI is InChI=1S/C19H25N3O3/c1-21-18(23)12-11-16(20-21)19(24)22-13-5-3-4-6-17(22)14-7-9-15(25-2)10-8-14/h7-10,17H,3-6,11-13H2,1-2H3/t17-/m1/s1. The monoisotopic (exact) mass is 343 g/mol. The highest BCUT2D eigenvalue weighted by Crippen LogP contribution is 2.32. The molecule has 2 aliphatic heterocycles. The van der Waals surface area contributed by atoms with Crippen LogP contribution < -0.4 is 4.74 Å². The van der Waals surface area contributed by atoms with Crippen LogP contribution in [0.5, 0.6) is 5.75 Å². The topological polar surface area (TPSA) is 62.2 Å². The molecule has 0 bridgehead atoms. The smallest absolute Gasteiger partial charge is 0.270 e. The minimum Gasteiger partial charge on any atom is -0.497 e. The first-order valence-corrected chi connectivity index (χ1v) is 8.89. The fourth-order valence-corrected chi connectivity index (χ4v) is 3.51. The molecule has 2 heterocycles. The molecule has 0 radical (unpaired) electrons. The molecule has 3 rings (SSSR count). The third-order valence-corrected chi connectivity index (χ3v) is 4.97. The van der Waals surface area contributed by atoms with Crippen molar-refractivity contribution in [3.8, 4) is 5.75 Å². The number of nitrogens with zero attached hydrogens (tertiary/aromatic N) is 3. The second kappa shape index (κ2) is 7.68. The summed E-state index contributed by atoms with van der Waals surface area (Å²) >= 11 is 0. The summed E-state index contributed by atoms with van der Waals surface area (Å²) in [4.78, 5) is 26.7. The zero-order valence-corrected chi connectivity index (χ0v) is 14.9. The zero-order chi connectivity index (χ0) is 17.8. The molecule has 0 aromatic heterocycles. The van der Waals surface area contributed by atoms with Crippen LogP contribution in [0, 0.1) is 0 Å². The van der Waals surface area contributed by atoms with Crippen LogP contribution in [0.2, 0.25) is 0 Å². The number of hydrogen-bond acceptors (Lipinski definition) is 4. The van der Waals surface area contributed by atoms with Gasteiger partial charge in [-0.2, -0.15) is 5.10 Å². The molecule has 1 aromatic carbocycles. The van der Waals surface area contributed by atoms with Gasteiger partial charge in [0.25, 0.3) is 5.91 Å². The number of benzene rings is 1. The molecule has 1 atom stereocenters. The maximum atomic E-state index is 13.1. The number of likely N-dealkylation sites (tertiary alicyclic amines) is 1. The van der Waals surface area contributed by atoms with Gasteiger partial charge in [0.15, 0.2) is 0 Å². The summed E-state index contributed by atoms with van der Waals surface area (Å²) in [7, 11) is 3.26. The van der Waals surface area contributed by atoms with Gasteiger partial charge >= 0.3 is 0 Å². The van der Waals surface area contributed by atoms with Gasteiger partial charge in [-0.25, -0.2) is 5.01 Å². The van der Waals surface area contributed by atoms with Crippen LogP contribution in [0.4, 0.5) is 0 Å². The molecule has 1 aromatic rings. The number of ether oxygens (including phenoxy) is 1. The predicted molar refractivity (Wildman–Crippen MR) is 95.4 cm³/mol. The Balaban J connectivity index is 1.86. The van der Waals surface area contributed by atoms with Crippen LogP contribution in [0.25, 0.3) is 0 Å². The van der Waals surface area contributed by atoms with E-state index in [0.29, 0.717) is 18.6 Å². The first-order valence-electron chi connectivity index (χ1n) is 8.89. The number of rotatable bonds is 3. The van der Waals surface area contributed by atoms with Crippen molar-refractivity contribution in [2.45, 2.75) is 44.6 Å². The van der Waals surface area contributed by atoms with Crippen LogP contribution in [-0.4, -0.2) is 48.1 Å². The van der Waals surface area contributed by atoms with Crippen molar-refractivity contribution in [2.75, 3.05) is 20.7 Å². The van der Waals surface area contributed by atoms with Gasteiger partial charge < -0.3 is 9.64 Å². The van der Waals surface area contributed by atoms with Gasteiger partial charge in [-0.1, -0.05) is 25.0 Å². The Kier molecular flexibility index (Phi) is 5.36. The van der Waals surface area contributed by atoms with Crippen LogP contribution in [0.3, 0.4) is 0 Å². The predicted octanol–water partition coefficient (Wildman–Crippen LogP) is 2.75. The Morgan fingerprint density at radius 2 is 1.92 bits per heavy atom. The van der Waals surface area contributed by atoms with Gasteiger partial charge in [-0.05, 0) is 30.5 Å². The number of hydrogen-bond donors (Lipinski definition) is 0. The van der Waals surface area contributed by atoms with E-state index in [4.69, 9.17) is 4.74 Å². The second-order valence-corrected chi connectivity index (χ2v) is 6.60. The molecule has 1 fully saturated rings. The maximum absolute atomic E-state index is 13.1. The van der Waals surface area contributed by atoms with Crippen LogP contribution in [0.15, 0.2) is 29.4 Å². The van der Waals surface area contributed by atoms with E-state index < -0.39 is 0 Å². The molecule has 0 spiro atoms. The molecule has 134 valence electrons. The lowest BCUT2D eigenvalue weighted by atomic mass is 9.99. The molecule has 6 heteroatoms. The van der Waals surface area contributed by atoms with Crippen molar-refractivity contribution in [1.82, 2.24) is 9.91 Å². The van der Waals surface area contributed by atoms with E-state index in [1.807, 2.05) is 29.2 Å². The highest BCUT2D eigenvalue weighted by molar-refractivity contribution is 6.39. The number of methoxy groups -OCH3 is 1. The van der Waals surface area contributed by atoms with Crippen molar-refractivity contribution in [3.63, 3.8) is 0 Å². The summed E-state index contributed by atoms with van der Waals surface area (Å²) in [5.41, 5.74) is 1.61. The minimum absolute atomic E-state index is 0.0398. The van der Waals surface area contributed by atoms with Crippen molar-refractivity contribution in [1.29, 1.82) is 0 Å². The lowest BCUT2D eigenvalue weighted by Gasteiger charge is -2.32. The molecule has 1 saturated heterocycles. The first-order chi connectivity index (χ1) is 12.1. The van der Waals surface area contributed by atoms with Crippen LogP contribution in [0.1, 0.15) is 50.1 Å². The highest BCUT2D eigenvalue weighted by Gasteiger charge is 2.31. The van der Waals surface area contributed by atoms with E-state index in [0.717, 1.165) is 43.5 Å². The summed E-state index contributed by atoms with van der Waals surface area (Å²) < 4.78 is 5.24. The minimum atomic E-state index is -0.0425. The van der Waals surface area contributed by atoms with Crippen LogP contribution in [-0.2, 0) is 9.59 Å². The Morgan fingerprint density at radius 3 is 2.60 bits per heavy atom. The van der Waals surface area contributed by atoms with Crippen molar-refractivity contribution < 1.29 is 14.3 Å². The molecule has 2 amide bonds. The average molecular weight is 343 g/mol. The molecular weight excluding hydrogens is 318 g/mol. The van der Waals surface area contributed by atoms with Gasteiger partial charge in [0, 0.05) is 26.4 Å². The number of carbonyl (C=O) groups is 2. The van der Waals surface area contributed by atoms with E-state index in [-0.39, 0.29) is 17.9 Å².